The number of carbonyl (C=O) groups excluding carboxylic acids is 2. The molecule has 0 bridgehead atoms. The van der Waals surface area contributed by atoms with Crippen molar-refractivity contribution in [3.63, 3.8) is 0 Å². The summed E-state index contributed by atoms with van der Waals surface area (Å²) in [6, 6.07) is 15.5. The number of ether oxygens (including phenoxy) is 1. The number of anilines is 1. The van der Waals surface area contributed by atoms with Crippen LogP contribution in [0.5, 0.6) is 5.75 Å². The first-order chi connectivity index (χ1) is 26.0. The summed E-state index contributed by atoms with van der Waals surface area (Å²) in [5.41, 5.74) is 2.36. The fourth-order valence-electron chi connectivity index (χ4n) is 8.89. The minimum Gasteiger partial charge on any atom is -0.484 e. The highest BCUT2D eigenvalue weighted by Crippen LogP contribution is 2.49. The summed E-state index contributed by atoms with van der Waals surface area (Å²) in [6.07, 6.45) is 11.9. The lowest BCUT2D eigenvalue weighted by molar-refractivity contribution is -0.132. The largest absolute Gasteiger partial charge is 0.484 e. The van der Waals surface area contributed by atoms with Crippen LogP contribution in [0.15, 0.2) is 65.1 Å². The van der Waals surface area contributed by atoms with Crippen molar-refractivity contribution in [3.8, 4) is 5.75 Å². The third-order valence-corrected chi connectivity index (χ3v) is 14.7. The van der Waals surface area contributed by atoms with Crippen molar-refractivity contribution in [1.82, 2.24) is 24.9 Å². The predicted octanol–water partition coefficient (Wildman–Crippen LogP) is 5.70. The van der Waals surface area contributed by atoms with Gasteiger partial charge in [-0.25, -0.2) is 13.4 Å². The minimum atomic E-state index is -3.90. The zero-order valence-corrected chi connectivity index (χ0v) is 31.7. The number of pyridine rings is 1. The number of allylic oxidation sites excluding steroid dienone is 1. The van der Waals surface area contributed by atoms with Crippen LogP contribution in [-0.2, 0) is 26.0 Å². The van der Waals surface area contributed by atoms with Crippen LogP contribution in [0.25, 0.3) is 22.0 Å². The molecule has 3 aliphatic heterocycles. The number of fused-ring (bicyclic) bond motifs is 6. The molecule has 5 atom stereocenters. The van der Waals surface area contributed by atoms with Gasteiger partial charge in [-0.3, -0.25) is 19.2 Å². The van der Waals surface area contributed by atoms with E-state index in [0.29, 0.717) is 56.8 Å². The van der Waals surface area contributed by atoms with E-state index in [0.717, 1.165) is 72.0 Å². The van der Waals surface area contributed by atoms with E-state index in [2.05, 4.69) is 32.4 Å². The average molecular weight is 753 g/mol. The number of oxazole rings is 1. The van der Waals surface area contributed by atoms with E-state index in [1.54, 1.807) is 6.92 Å². The number of amides is 2. The van der Waals surface area contributed by atoms with E-state index < -0.39 is 37.9 Å². The van der Waals surface area contributed by atoms with Crippen LogP contribution < -0.4 is 20.1 Å². The first kappa shape index (κ1) is 35.2. The van der Waals surface area contributed by atoms with Crippen LogP contribution in [-0.4, -0.2) is 76.2 Å². The number of rotatable bonds is 5. The van der Waals surface area contributed by atoms with Gasteiger partial charge in [0.2, 0.25) is 15.9 Å². The molecule has 3 N–H and O–H groups in total. The maximum Gasteiger partial charge on any atom is 0.295 e. The Morgan fingerprint density at radius 2 is 1.80 bits per heavy atom. The Labute approximate surface area is 315 Å². The second kappa shape index (κ2) is 13.1. The molecule has 2 saturated carbocycles. The molecule has 9 rings (SSSR count). The predicted molar refractivity (Wildman–Crippen MR) is 205 cm³/mol. The summed E-state index contributed by atoms with van der Waals surface area (Å²) in [5, 5.41) is 7.78. The van der Waals surface area contributed by atoms with E-state index in [4.69, 9.17) is 19.1 Å². The molecule has 54 heavy (non-hydrogen) atoms. The number of nitrogens with one attached hydrogen (secondary N) is 3. The molecule has 2 aromatic heterocycles. The molecule has 3 fully saturated rings. The highest BCUT2D eigenvalue weighted by Gasteiger charge is 2.63. The summed E-state index contributed by atoms with van der Waals surface area (Å²) in [6.45, 7) is 4.64. The highest BCUT2D eigenvalue weighted by molar-refractivity contribution is 7.91. The van der Waals surface area contributed by atoms with Gasteiger partial charge in [0.05, 0.1) is 22.0 Å². The van der Waals surface area contributed by atoms with Gasteiger partial charge >= 0.3 is 0 Å². The van der Waals surface area contributed by atoms with Gasteiger partial charge in [-0.05, 0) is 83.4 Å². The molecular formula is C41H48N6O6S. The molecule has 12 nitrogen and oxygen atoms in total. The lowest BCUT2D eigenvalue weighted by Gasteiger charge is -2.37. The number of carbonyl (C=O) groups is 2. The second-order valence-corrected chi connectivity index (χ2v) is 18.7. The van der Waals surface area contributed by atoms with Gasteiger partial charge in [0.1, 0.15) is 22.4 Å². The Balaban J connectivity index is 1.05. The normalized spacial score (nSPS) is 29.6. The van der Waals surface area contributed by atoms with Crippen LogP contribution in [0, 0.1) is 12.8 Å². The summed E-state index contributed by atoms with van der Waals surface area (Å²) in [7, 11) is -3.90. The minimum absolute atomic E-state index is 0.0947. The number of para-hydroxylation sites is 3. The van der Waals surface area contributed by atoms with Crippen molar-refractivity contribution in [3.05, 3.63) is 71.9 Å². The van der Waals surface area contributed by atoms with E-state index >= 15 is 0 Å². The molecule has 2 aromatic carbocycles. The van der Waals surface area contributed by atoms with Gasteiger partial charge in [-0.15, -0.1) is 0 Å². The van der Waals surface area contributed by atoms with E-state index in [9.17, 15) is 18.0 Å². The molecule has 5 heterocycles. The Bertz CT molecular complexity index is 2250. The maximum atomic E-state index is 14.7. The monoisotopic (exact) mass is 752 g/mol. The quantitative estimate of drug-likeness (QED) is 0.216. The summed E-state index contributed by atoms with van der Waals surface area (Å²) < 4.78 is 41.0. The topological polar surface area (TPSA) is 156 Å². The van der Waals surface area contributed by atoms with Crippen molar-refractivity contribution in [2.24, 2.45) is 5.92 Å². The Morgan fingerprint density at radius 3 is 2.61 bits per heavy atom. The van der Waals surface area contributed by atoms with Crippen LogP contribution in [0.3, 0.4) is 0 Å². The molecule has 5 unspecified atom stereocenters. The maximum absolute atomic E-state index is 14.7. The number of aryl methyl sites for hydroxylation is 2. The zero-order chi connectivity index (χ0) is 37.3. The number of aromatic nitrogens is 2. The van der Waals surface area contributed by atoms with E-state index in [1.165, 1.54) is 0 Å². The Morgan fingerprint density at radius 1 is 1.00 bits per heavy atom. The SMILES string of the molecule is Cc1nc2ccccc2c2c1OC1(CC2)CC2C(=O)NC3(C(=O)NS(=O)(=O)C4(C)CC4)CC3C=CCCCCCC(Nc3nc4ccccc4o3)CN2C1. The summed E-state index contributed by atoms with van der Waals surface area (Å²) in [5.74, 6) is -0.474. The van der Waals surface area contributed by atoms with Crippen molar-refractivity contribution >= 4 is 49.9 Å². The van der Waals surface area contributed by atoms with Gasteiger partial charge in [0, 0.05) is 42.4 Å². The molecule has 13 heteroatoms. The van der Waals surface area contributed by atoms with Crippen molar-refractivity contribution in [2.45, 2.75) is 112 Å². The smallest absolute Gasteiger partial charge is 0.295 e. The van der Waals surface area contributed by atoms with Crippen molar-refractivity contribution in [2.75, 3.05) is 18.4 Å². The average Bonchev–Trinajstić information content (AvgIpc) is 3.98. The Hall–Kier alpha value is -4.49. The van der Waals surface area contributed by atoms with Crippen LogP contribution in [0.4, 0.5) is 6.01 Å². The fourth-order valence-corrected chi connectivity index (χ4v) is 10.2. The van der Waals surface area contributed by atoms with Gasteiger partial charge in [-0.1, -0.05) is 55.3 Å². The number of hydrogen-bond donors (Lipinski definition) is 3. The number of hydrogen-bond acceptors (Lipinski definition) is 10. The zero-order valence-electron chi connectivity index (χ0n) is 30.9. The standard InChI is InChI=1S/C41H48N6O6S/c1-26-35-30(29-14-8-9-15-31(29)42-26)18-19-40(53-35)23-33-36(48)45-41(37(49)46-54(50,51)39(2)20-21-39)22-27(41)12-6-4-3-5-7-13-28(24-47(33)25-40)43-38-44-32-16-10-11-17-34(32)52-38/h6,8-12,14-17,27-28,33H,3-5,7,13,18-25H2,1-2H3,(H,43,44)(H,45,48)(H,46,49). The molecule has 4 aromatic rings. The summed E-state index contributed by atoms with van der Waals surface area (Å²) >= 11 is 0. The summed E-state index contributed by atoms with van der Waals surface area (Å²) in [4.78, 5) is 40.5. The first-order valence-electron chi connectivity index (χ1n) is 19.5. The van der Waals surface area contributed by atoms with Gasteiger partial charge in [-0.2, -0.15) is 4.98 Å². The molecule has 1 spiro atoms. The third kappa shape index (κ3) is 6.32. The van der Waals surface area contributed by atoms with E-state index in [1.807, 2.05) is 55.5 Å². The lowest BCUT2D eigenvalue weighted by atomic mass is 9.87. The molecule has 2 amide bonds. The van der Waals surface area contributed by atoms with Crippen molar-refractivity contribution in [1.29, 1.82) is 0 Å². The Kier molecular flexibility index (Phi) is 8.53. The van der Waals surface area contributed by atoms with Gasteiger partial charge in [0.15, 0.2) is 5.58 Å². The molecule has 1 saturated heterocycles. The number of nitrogens with zero attached hydrogens (tertiary/aromatic N) is 3. The molecule has 0 radical (unpaired) electrons. The van der Waals surface area contributed by atoms with Crippen LogP contribution >= 0.6 is 0 Å². The third-order valence-electron chi connectivity index (χ3n) is 12.5. The van der Waals surface area contributed by atoms with Crippen LogP contribution in [0.2, 0.25) is 0 Å². The molecule has 284 valence electrons. The van der Waals surface area contributed by atoms with E-state index in [-0.39, 0.29) is 17.9 Å². The van der Waals surface area contributed by atoms with Gasteiger partial charge < -0.3 is 19.8 Å². The molecule has 2 aliphatic carbocycles. The van der Waals surface area contributed by atoms with Crippen LogP contribution in [0.1, 0.15) is 82.4 Å². The first-order valence-corrected chi connectivity index (χ1v) is 20.9. The van der Waals surface area contributed by atoms with Gasteiger partial charge in [0.25, 0.3) is 11.9 Å². The molecule has 5 aliphatic rings. The lowest BCUT2D eigenvalue weighted by Crippen LogP contribution is -2.57. The number of sulfonamides is 1. The number of benzene rings is 2. The fraction of sp³-hybridized carbons (Fsp3) is 0.512. The highest BCUT2D eigenvalue weighted by atomic mass is 32.2. The molecular weight excluding hydrogens is 705 g/mol. The second-order valence-electron chi connectivity index (χ2n) is 16.5. The van der Waals surface area contributed by atoms with Crippen molar-refractivity contribution < 1.29 is 27.2 Å².